The Morgan fingerprint density at radius 3 is 2.59 bits per heavy atom. The first-order chi connectivity index (χ1) is 8.04. The topological polar surface area (TPSA) is 18.5 Å². The Hall–Kier alpha value is -0.120. The summed E-state index contributed by atoms with van der Waals surface area (Å²) < 4.78 is 0. The van der Waals surface area contributed by atoms with Crippen LogP contribution >= 0.6 is 0 Å². The quantitative estimate of drug-likeness (QED) is 0.733. The molecule has 1 aliphatic rings. The summed E-state index contributed by atoms with van der Waals surface area (Å²) in [5, 5.41) is 3.59. The molecule has 1 aliphatic heterocycles. The second kappa shape index (κ2) is 7.34. The highest BCUT2D eigenvalue weighted by atomic mass is 15.2. The predicted molar refractivity (Wildman–Crippen MR) is 75.5 cm³/mol. The smallest absolute Gasteiger partial charge is 0.0226 e. The lowest BCUT2D eigenvalue weighted by molar-refractivity contribution is 0.144. The van der Waals surface area contributed by atoms with Gasteiger partial charge in [-0.15, -0.1) is 0 Å². The van der Waals surface area contributed by atoms with Crippen molar-refractivity contribution in [1.82, 2.24) is 15.1 Å². The summed E-state index contributed by atoms with van der Waals surface area (Å²) in [6, 6.07) is 2.08. The zero-order chi connectivity index (χ0) is 12.8. The fourth-order valence-electron chi connectivity index (χ4n) is 2.82. The van der Waals surface area contributed by atoms with Crippen LogP contribution in [0.4, 0.5) is 0 Å². The van der Waals surface area contributed by atoms with Gasteiger partial charge in [0.2, 0.25) is 0 Å². The molecule has 1 fully saturated rings. The number of hydrogen-bond donors (Lipinski definition) is 1. The third-order valence-electron chi connectivity index (χ3n) is 3.70. The van der Waals surface area contributed by atoms with E-state index in [-0.39, 0.29) is 0 Å². The van der Waals surface area contributed by atoms with Gasteiger partial charge < -0.3 is 10.2 Å². The number of rotatable bonds is 7. The molecular formula is C14H31N3. The summed E-state index contributed by atoms with van der Waals surface area (Å²) in [7, 11) is 4.37. The molecule has 2 atom stereocenters. The number of nitrogens with one attached hydrogen (secondary N) is 1. The van der Waals surface area contributed by atoms with Crippen molar-refractivity contribution in [2.24, 2.45) is 0 Å². The van der Waals surface area contributed by atoms with Crippen molar-refractivity contribution in [3.63, 3.8) is 0 Å². The highest BCUT2D eigenvalue weighted by Gasteiger charge is 2.29. The van der Waals surface area contributed by atoms with Crippen LogP contribution in [0.5, 0.6) is 0 Å². The van der Waals surface area contributed by atoms with Gasteiger partial charge >= 0.3 is 0 Å². The van der Waals surface area contributed by atoms with Crippen LogP contribution < -0.4 is 5.32 Å². The molecule has 1 saturated heterocycles. The van der Waals surface area contributed by atoms with Crippen LogP contribution in [-0.2, 0) is 0 Å². The van der Waals surface area contributed by atoms with E-state index < -0.39 is 0 Å². The molecule has 0 saturated carbocycles. The molecule has 0 spiro atoms. The summed E-state index contributed by atoms with van der Waals surface area (Å²) in [6.45, 7) is 10.4. The van der Waals surface area contributed by atoms with E-state index in [1.807, 2.05) is 0 Å². The Labute approximate surface area is 108 Å². The molecule has 0 aromatic carbocycles. The van der Waals surface area contributed by atoms with Crippen molar-refractivity contribution in [2.75, 3.05) is 33.7 Å². The fraction of sp³-hybridized carbons (Fsp3) is 1.00. The first-order valence-corrected chi connectivity index (χ1v) is 7.18. The second-order valence-electron chi connectivity index (χ2n) is 5.92. The number of hydrogen-bond acceptors (Lipinski definition) is 3. The Morgan fingerprint density at radius 2 is 2.06 bits per heavy atom. The molecule has 102 valence electrons. The molecule has 3 heteroatoms. The Kier molecular flexibility index (Phi) is 6.45. The van der Waals surface area contributed by atoms with Gasteiger partial charge in [-0.2, -0.15) is 0 Å². The maximum absolute atomic E-state index is 3.59. The lowest BCUT2D eigenvalue weighted by Gasteiger charge is -2.34. The standard InChI is InChI=1S/C14H31N3/c1-6-13(10-15-12(2)3)17-9-7-8-14(17)11-16(4)5/h12-15H,6-11H2,1-5H3. The van der Waals surface area contributed by atoms with Crippen LogP contribution in [0.2, 0.25) is 0 Å². The second-order valence-corrected chi connectivity index (χ2v) is 5.92. The normalized spacial score (nSPS) is 23.8. The van der Waals surface area contributed by atoms with Crippen molar-refractivity contribution in [2.45, 2.75) is 58.2 Å². The lowest BCUT2D eigenvalue weighted by atomic mass is 10.1. The summed E-state index contributed by atoms with van der Waals surface area (Å²) in [4.78, 5) is 5.06. The number of nitrogens with zero attached hydrogens (tertiary/aromatic N) is 2. The molecule has 0 amide bonds. The van der Waals surface area contributed by atoms with Gasteiger partial charge in [-0.25, -0.2) is 0 Å². The molecule has 2 unspecified atom stereocenters. The van der Waals surface area contributed by atoms with Crippen molar-refractivity contribution in [1.29, 1.82) is 0 Å². The molecule has 3 nitrogen and oxygen atoms in total. The number of likely N-dealkylation sites (tertiary alicyclic amines) is 1. The number of likely N-dealkylation sites (N-methyl/N-ethyl adjacent to an activating group) is 1. The van der Waals surface area contributed by atoms with E-state index in [4.69, 9.17) is 0 Å². The molecule has 0 bridgehead atoms. The van der Waals surface area contributed by atoms with Crippen LogP contribution in [0.1, 0.15) is 40.0 Å². The molecule has 1 rings (SSSR count). The Bertz CT molecular complexity index is 204. The predicted octanol–water partition coefficient (Wildman–Crippen LogP) is 1.79. The van der Waals surface area contributed by atoms with Crippen LogP contribution in [0.25, 0.3) is 0 Å². The summed E-state index contributed by atoms with van der Waals surface area (Å²) in [5.41, 5.74) is 0. The molecule has 0 radical (unpaired) electrons. The van der Waals surface area contributed by atoms with E-state index in [0.717, 1.165) is 12.6 Å². The minimum absolute atomic E-state index is 0.596. The molecule has 0 aliphatic carbocycles. The van der Waals surface area contributed by atoms with E-state index >= 15 is 0 Å². The molecule has 1 N–H and O–H groups in total. The highest BCUT2D eigenvalue weighted by Crippen LogP contribution is 2.21. The van der Waals surface area contributed by atoms with E-state index in [1.54, 1.807) is 0 Å². The molecule has 0 aromatic rings. The maximum atomic E-state index is 3.59. The van der Waals surface area contributed by atoms with Gasteiger partial charge in [-0.3, -0.25) is 4.90 Å². The van der Waals surface area contributed by atoms with Gasteiger partial charge in [0.25, 0.3) is 0 Å². The largest absolute Gasteiger partial charge is 0.313 e. The summed E-state index contributed by atoms with van der Waals surface area (Å²) in [5.74, 6) is 0. The lowest BCUT2D eigenvalue weighted by Crippen LogP contribution is -2.48. The Morgan fingerprint density at radius 1 is 1.35 bits per heavy atom. The minimum Gasteiger partial charge on any atom is -0.313 e. The van der Waals surface area contributed by atoms with Gasteiger partial charge in [0.15, 0.2) is 0 Å². The molecule has 0 aromatic heterocycles. The van der Waals surface area contributed by atoms with Crippen LogP contribution in [0, 0.1) is 0 Å². The average Bonchev–Trinajstić information content (AvgIpc) is 2.66. The fourth-order valence-corrected chi connectivity index (χ4v) is 2.82. The zero-order valence-corrected chi connectivity index (χ0v) is 12.4. The van der Waals surface area contributed by atoms with Gasteiger partial charge in [-0.05, 0) is 39.9 Å². The molecular weight excluding hydrogens is 210 g/mol. The third kappa shape index (κ3) is 4.94. The monoisotopic (exact) mass is 241 g/mol. The van der Waals surface area contributed by atoms with Gasteiger partial charge in [0, 0.05) is 31.2 Å². The first-order valence-electron chi connectivity index (χ1n) is 7.18. The van der Waals surface area contributed by atoms with Crippen molar-refractivity contribution in [3.8, 4) is 0 Å². The van der Waals surface area contributed by atoms with Crippen LogP contribution in [0.15, 0.2) is 0 Å². The third-order valence-corrected chi connectivity index (χ3v) is 3.70. The van der Waals surface area contributed by atoms with Gasteiger partial charge in [0.05, 0.1) is 0 Å². The SMILES string of the molecule is CCC(CNC(C)C)N1CCCC1CN(C)C. The van der Waals surface area contributed by atoms with Crippen LogP contribution in [0.3, 0.4) is 0 Å². The zero-order valence-electron chi connectivity index (χ0n) is 12.4. The maximum Gasteiger partial charge on any atom is 0.0226 e. The van der Waals surface area contributed by atoms with Crippen LogP contribution in [-0.4, -0.2) is 61.7 Å². The van der Waals surface area contributed by atoms with E-state index in [2.05, 4.69) is 50.0 Å². The van der Waals surface area contributed by atoms with Crippen molar-refractivity contribution in [3.05, 3.63) is 0 Å². The average molecular weight is 241 g/mol. The van der Waals surface area contributed by atoms with Gasteiger partial charge in [0.1, 0.15) is 0 Å². The Balaban J connectivity index is 2.48. The highest BCUT2D eigenvalue weighted by molar-refractivity contribution is 4.86. The van der Waals surface area contributed by atoms with Gasteiger partial charge in [-0.1, -0.05) is 20.8 Å². The summed E-state index contributed by atoms with van der Waals surface area (Å²) in [6.07, 6.45) is 4.00. The van der Waals surface area contributed by atoms with E-state index in [9.17, 15) is 0 Å². The molecule has 1 heterocycles. The van der Waals surface area contributed by atoms with E-state index in [0.29, 0.717) is 12.1 Å². The van der Waals surface area contributed by atoms with Crippen molar-refractivity contribution >= 4 is 0 Å². The first kappa shape index (κ1) is 14.9. The summed E-state index contributed by atoms with van der Waals surface area (Å²) >= 11 is 0. The van der Waals surface area contributed by atoms with E-state index in [1.165, 1.54) is 32.4 Å². The molecule has 17 heavy (non-hydrogen) atoms. The minimum atomic E-state index is 0.596. The van der Waals surface area contributed by atoms with Crippen molar-refractivity contribution < 1.29 is 0 Å².